The number of benzene rings is 1. The van der Waals surface area contributed by atoms with Crippen molar-refractivity contribution >= 4 is 11.2 Å². The summed E-state index contributed by atoms with van der Waals surface area (Å²) in [7, 11) is 1.66. The number of nitrogens with zero attached hydrogens (tertiary/aromatic N) is 3. The van der Waals surface area contributed by atoms with Crippen LogP contribution in [0.3, 0.4) is 0 Å². The number of unbranched alkanes of at least 4 members (excludes halogenated alkanes) is 1. The Balaban J connectivity index is 1.94. The number of hydrogen-bond acceptors (Lipinski definition) is 3. The first kappa shape index (κ1) is 21.0. The Kier molecular flexibility index (Phi) is 7.04. The zero-order valence-electron chi connectivity index (χ0n) is 17.7. The maximum atomic E-state index is 12.6. The van der Waals surface area contributed by atoms with Crippen molar-refractivity contribution in [1.82, 2.24) is 19.1 Å². The largest absolute Gasteiger partial charge is 0.329 e. The normalized spacial score (nSPS) is 12.5. The van der Waals surface area contributed by atoms with Gasteiger partial charge >= 0.3 is 5.69 Å². The number of quaternary nitrogens is 1. The van der Waals surface area contributed by atoms with Gasteiger partial charge in [0.15, 0.2) is 17.0 Å². The number of rotatable bonds is 10. The molecule has 1 aromatic carbocycles. The van der Waals surface area contributed by atoms with Gasteiger partial charge in [0.1, 0.15) is 6.54 Å². The Morgan fingerprint density at radius 1 is 1.10 bits per heavy atom. The molecule has 1 atom stereocenters. The average Bonchev–Trinajstić information content (AvgIpc) is 3.09. The number of imidazole rings is 1. The van der Waals surface area contributed by atoms with Gasteiger partial charge in [0.05, 0.1) is 13.1 Å². The SMILES string of the molecule is CCCC[NH+](CC)Cc1nc2c(c(=O)[nH]c(=O)n2C)n1CCCc1ccccc1. The molecule has 0 aliphatic heterocycles. The second-order valence-electron chi connectivity index (χ2n) is 7.64. The Morgan fingerprint density at radius 2 is 1.86 bits per heavy atom. The molecule has 1 unspecified atom stereocenters. The van der Waals surface area contributed by atoms with Crippen molar-refractivity contribution < 1.29 is 4.90 Å². The van der Waals surface area contributed by atoms with Crippen LogP contribution in [0.5, 0.6) is 0 Å². The topological polar surface area (TPSA) is 77.1 Å². The van der Waals surface area contributed by atoms with Crippen LogP contribution in [0.2, 0.25) is 0 Å². The van der Waals surface area contributed by atoms with Gasteiger partial charge in [0.2, 0.25) is 0 Å². The molecule has 2 aromatic heterocycles. The van der Waals surface area contributed by atoms with E-state index in [1.807, 2.05) is 22.8 Å². The van der Waals surface area contributed by atoms with Crippen LogP contribution in [0.25, 0.3) is 11.2 Å². The molecule has 0 amide bonds. The van der Waals surface area contributed by atoms with Crippen molar-refractivity contribution in [3.8, 4) is 0 Å². The van der Waals surface area contributed by atoms with Gasteiger partial charge in [-0.15, -0.1) is 0 Å². The Labute approximate surface area is 171 Å². The number of fused-ring (bicyclic) bond motifs is 1. The summed E-state index contributed by atoms with van der Waals surface area (Å²) in [5.41, 5.74) is 1.48. The van der Waals surface area contributed by atoms with E-state index >= 15 is 0 Å². The van der Waals surface area contributed by atoms with E-state index < -0.39 is 5.69 Å². The second kappa shape index (κ2) is 9.69. The highest BCUT2D eigenvalue weighted by Gasteiger charge is 2.20. The molecule has 0 spiro atoms. The van der Waals surface area contributed by atoms with Crippen LogP contribution in [-0.4, -0.2) is 32.2 Å². The number of hydrogen-bond donors (Lipinski definition) is 2. The van der Waals surface area contributed by atoms with Crippen LogP contribution >= 0.6 is 0 Å². The third-order valence-electron chi connectivity index (χ3n) is 5.57. The number of H-pyrrole nitrogens is 1. The number of aromatic amines is 1. The standard InChI is InChI=1S/C22H31N5O2/c1-4-6-14-26(5-2)16-18-23-20-19(21(28)24-22(29)25(20)3)27(18)15-10-13-17-11-8-7-9-12-17/h7-9,11-12H,4-6,10,13-16H2,1-3H3,(H,24,28,29)/p+1. The van der Waals surface area contributed by atoms with Gasteiger partial charge < -0.3 is 9.47 Å². The lowest BCUT2D eigenvalue weighted by Gasteiger charge is -2.18. The predicted molar refractivity (Wildman–Crippen MR) is 115 cm³/mol. The first-order valence-electron chi connectivity index (χ1n) is 10.6. The molecule has 0 saturated carbocycles. The molecule has 156 valence electrons. The van der Waals surface area contributed by atoms with E-state index in [-0.39, 0.29) is 5.56 Å². The average molecular weight is 399 g/mol. The van der Waals surface area contributed by atoms with E-state index in [1.54, 1.807) is 7.05 Å². The van der Waals surface area contributed by atoms with Crippen LogP contribution in [0.4, 0.5) is 0 Å². The summed E-state index contributed by atoms with van der Waals surface area (Å²) < 4.78 is 3.46. The fourth-order valence-electron chi connectivity index (χ4n) is 3.78. The minimum Gasteiger partial charge on any atom is -0.329 e. The summed E-state index contributed by atoms with van der Waals surface area (Å²) in [5, 5.41) is 0. The molecule has 29 heavy (non-hydrogen) atoms. The third kappa shape index (κ3) is 4.85. The van der Waals surface area contributed by atoms with Crippen LogP contribution in [0.15, 0.2) is 39.9 Å². The van der Waals surface area contributed by atoms with Crippen molar-refractivity contribution in [2.24, 2.45) is 7.05 Å². The highest BCUT2D eigenvalue weighted by molar-refractivity contribution is 5.70. The lowest BCUT2D eigenvalue weighted by atomic mass is 10.1. The Morgan fingerprint density at radius 3 is 2.55 bits per heavy atom. The minimum absolute atomic E-state index is 0.354. The van der Waals surface area contributed by atoms with E-state index in [1.165, 1.54) is 15.0 Å². The van der Waals surface area contributed by atoms with Crippen LogP contribution in [0, 0.1) is 0 Å². The molecule has 7 nitrogen and oxygen atoms in total. The molecule has 2 heterocycles. The molecule has 3 rings (SSSR count). The summed E-state index contributed by atoms with van der Waals surface area (Å²) >= 11 is 0. The molecule has 3 aromatic rings. The van der Waals surface area contributed by atoms with E-state index in [4.69, 9.17) is 4.98 Å². The van der Waals surface area contributed by atoms with Gasteiger partial charge in [-0.3, -0.25) is 14.3 Å². The van der Waals surface area contributed by atoms with Crippen molar-refractivity contribution in [2.75, 3.05) is 13.1 Å². The molecule has 7 heteroatoms. The van der Waals surface area contributed by atoms with Gasteiger partial charge in [-0.25, -0.2) is 9.78 Å². The summed E-state index contributed by atoms with van der Waals surface area (Å²) in [6.45, 7) is 7.91. The first-order chi connectivity index (χ1) is 14.0. The molecule has 0 radical (unpaired) electrons. The van der Waals surface area contributed by atoms with Gasteiger partial charge in [0.25, 0.3) is 5.56 Å². The zero-order valence-corrected chi connectivity index (χ0v) is 17.7. The van der Waals surface area contributed by atoms with Crippen molar-refractivity contribution in [1.29, 1.82) is 0 Å². The fourth-order valence-corrected chi connectivity index (χ4v) is 3.78. The van der Waals surface area contributed by atoms with E-state index in [0.717, 1.165) is 51.1 Å². The lowest BCUT2D eigenvalue weighted by Crippen LogP contribution is -3.10. The molecule has 0 fully saturated rings. The second-order valence-corrected chi connectivity index (χ2v) is 7.64. The van der Waals surface area contributed by atoms with Crippen LogP contribution in [0.1, 0.15) is 44.5 Å². The van der Waals surface area contributed by atoms with Crippen molar-refractivity contribution in [3.05, 3.63) is 62.6 Å². The molecule has 0 aliphatic carbocycles. The summed E-state index contributed by atoms with van der Waals surface area (Å²) in [6, 6.07) is 10.4. The van der Waals surface area contributed by atoms with Crippen molar-refractivity contribution in [2.45, 2.75) is 52.6 Å². The van der Waals surface area contributed by atoms with Gasteiger partial charge in [-0.2, -0.15) is 0 Å². The maximum absolute atomic E-state index is 12.6. The highest BCUT2D eigenvalue weighted by Crippen LogP contribution is 2.13. The van der Waals surface area contributed by atoms with E-state index in [2.05, 4.69) is 31.0 Å². The molecule has 0 aliphatic rings. The zero-order chi connectivity index (χ0) is 20.8. The van der Waals surface area contributed by atoms with E-state index in [0.29, 0.717) is 17.7 Å². The van der Waals surface area contributed by atoms with E-state index in [9.17, 15) is 9.59 Å². The summed E-state index contributed by atoms with van der Waals surface area (Å²) in [6.07, 6.45) is 4.16. The van der Waals surface area contributed by atoms with Gasteiger partial charge in [0, 0.05) is 13.6 Å². The van der Waals surface area contributed by atoms with Crippen LogP contribution in [-0.2, 0) is 26.6 Å². The quantitative estimate of drug-likeness (QED) is 0.540. The third-order valence-corrected chi connectivity index (χ3v) is 5.57. The number of nitrogens with one attached hydrogen (secondary N) is 2. The molecular weight excluding hydrogens is 366 g/mol. The summed E-state index contributed by atoms with van der Waals surface area (Å²) in [5.74, 6) is 0.882. The fraction of sp³-hybridized carbons (Fsp3) is 0.500. The number of aromatic nitrogens is 4. The molecule has 2 N–H and O–H groups in total. The van der Waals surface area contributed by atoms with Gasteiger partial charge in [-0.05, 0) is 31.7 Å². The maximum Gasteiger partial charge on any atom is 0.329 e. The molecular formula is C22H32N5O2+. The molecule has 0 saturated heterocycles. The monoisotopic (exact) mass is 398 g/mol. The molecule has 0 bridgehead atoms. The number of aryl methyl sites for hydroxylation is 3. The summed E-state index contributed by atoms with van der Waals surface area (Å²) in [4.78, 5) is 33.3. The Hall–Kier alpha value is -2.67. The lowest BCUT2D eigenvalue weighted by molar-refractivity contribution is -0.913. The first-order valence-corrected chi connectivity index (χ1v) is 10.6. The Bertz CT molecular complexity index is 1050. The van der Waals surface area contributed by atoms with Gasteiger partial charge in [-0.1, -0.05) is 43.7 Å². The predicted octanol–water partition coefficient (Wildman–Crippen LogP) is 1.26. The highest BCUT2D eigenvalue weighted by atomic mass is 16.2. The van der Waals surface area contributed by atoms with Crippen molar-refractivity contribution in [3.63, 3.8) is 0 Å². The minimum atomic E-state index is -0.423. The van der Waals surface area contributed by atoms with Crippen LogP contribution < -0.4 is 16.1 Å². The smallest absolute Gasteiger partial charge is 0.329 e.